The van der Waals surface area contributed by atoms with Crippen molar-refractivity contribution < 1.29 is 9.90 Å². The third-order valence-corrected chi connectivity index (χ3v) is 3.47. The Morgan fingerprint density at radius 1 is 1.33 bits per heavy atom. The molecule has 0 unspecified atom stereocenters. The lowest BCUT2D eigenvalue weighted by Gasteiger charge is -2.12. The summed E-state index contributed by atoms with van der Waals surface area (Å²) in [5.74, 6) is -1.52. The van der Waals surface area contributed by atoms with Gasteiger partial charge in [0.15, 0.2) is 0 Å². The van der Waals surface area contributed by atoms with Crippen LogP contribution in [0.25, 0.3) is 5.69 Å². The SMILES string of the molecule is CC(C)c1cn(-c2ccc(Cl)cc2Cl)nc(C(=O)O)c1=O. The van der Waals surface area contributed by atoms with Gasteiger partial charge in [0.1, 0.15) is 0 Å². The van der Waals surface area contributed by atoms with Crippen LogP contribution in [0.2, 0.25) is 10.0 Å². The summed E-state index contributed by atoms with van der Waals surface area (Å²) in [5.41, 5.74) is -0.315. The van der Waals surface area contributed by atoms with Crippen molar-refractivity contribution in [1.82, 2.24) is 9.78 Å². The van der Waals surface area contributed by atoms with Gasteiger partial charge in [-0.2, -0.15) is 5.10 Å². The van der Waals surface area contributed by atoms with E-state index in [2.05, 4.69) is 5.10 Å². The van der Waals surface area contributed by atoms with Crippen molar-refractivity contribution in [3.05, 3.63) is 55.9 Å². The van der Waals surface area contributed by atoms with E-state index in [0.29, 0.717) is 21.3 Å². The minimum absolute atomic E-state index is 0.143. The highest BCUT2D eigenvalue weighted by Crippen LogP contribution is 2.24. The molecule has 1 aromatic carbocycles. The molecule has 110 valence electrons. The van der Waals surface area contributed by atoms with Crippen molar-refractivity contribution in [2.75, 3.05) is 0 Å². The lowest BCUT2D eigenvalue weighted by atomic mass is 10.0. The average molecular weight is 327 g/mol. The molecule has 0 aliphatic heterocycles. The van der Waals surface area contributed by atoms with Crippen LogP contribution < -0.4 is 5.43 Å². The van der Waals surface area contributed by atoms with E-state index in [1.54, 1.807) is 26.0 Å². The van der Waals surface area contributed by atoms with E-state index in [0.717, 1.165) is 0 Å². The van der Waals surface area contributed by atoms with Crippen LogP contribution in [0, 0.1) is 0 Å². The van der Waals surface area contributed by atoms with Crippen LogP contribution in [0.5, 0.6) is 0 Å². The summed E-state index contributed by atoms with van der Waals surface area (Å²) in [5, 5.41) is 13.7. The fraction of sp³-hybridized carbons (Fsp3) is 0.214. The molecule has 2 rings (SSSR count). The highest BCUT2D eigenvalue weighted by molar-refractivity contribution is 6.35. The molecule has 5 nitrogen and oxygen atoms in total. The number of aromatic carboxylic acids is 1. The molecule has 1 aromatic heterocycles. The fourth-order valence-electron chi connectivity index (χ4n) is 1.85. The van der Waals surface area contributed by atoms with Gasteiger partial charge >= 0.3 is 5.97 Å². The van der Waals surface area contributed by atoms with Crippen LogP contribution in [0.4, 0.5) is 0 Å². The highest BCUT2D eigenvalue weighted by atomic mass is 35.5. The molecule has 7 heteroatoms. The van der Waals surface area contributed by atoms with E-state index in [4.69, 9.17) is 28.3 Å². The number of rotatable bonds is 3. The summed E-state index contributed by atoms with van der Waals surface area (Å²) in [6.07, 6.45) is 1.49. The van der Waals surface area contributed by atoms with Crippen molar-refractivity contribution in [3.63, 3.8) is 0 Å². The molecular formula is C14H12Cl2N2O3. The fourth-order valence-corrected chi connectivity index (χ4v) is 2.35. The summed E-state index contributed by atoms with van der Waals surface area (Å²) >= 11 is 11.9. The molecule has 0 spiro atoms. The Bertz CT molecular complexity index is 769. The van der Waals surface area contributed by atoms with Gasteiger partial charge in [-0.1, -0.05) is 37.0 Å². The number of benzene rings is 1. The monoisotopic (exact) mass is 326 g/mol. The van der Waals surface area contributed by atoms with E-state index < -0.39 is 17.1 Å². The molecular weight excluding hydrogens is 315 g/mol. The van der Waals surface area contributed by atoms with Crippen molar-refractivity contribution in [2.45, 2.75) is 19.8 Å². The predicted molar refractivity (Wildman–Crippen MR) is 80.9 cm³/mol. The topological polar surface area (TPSA) is 72.2 Å². The second-order valence-electron chi connectivity index (χ2n) is 4.76. The molecule has 0 saturated carbocycles. The maximum absolute atomic E-state index is 12.1. The maximum Gasteiger partial charge on any atom is 0.360 e. The molecule has 21 heavy (non-hydrogen) atoms. The second-order valence-corrected chi connectivity index (χ2v) is 5.61. The Kier molecular flexibility index (Phi) is 4.34. The van der Waals surface area contributed by atoms with Crippen LogP contribution >= 0.6 is 23.2 Å². The summed E-state index contributed by atoms with van der Waals surface area (Å²) in [7, 11) is 0. The summed E-state index contributed by atoms with van der Waals surface area (Å²) in [6.45, 7) is 3.60. The standard InChI is InChI=1S/C14H12Cl2N2O3/c1-7(2)9-6-18(17-12(13(9)19)14(20)21)11-4-3-8(15)5-10(11)16/h3-7H,1-2H3,(H,20,21). The van der Waals surface area contributed by atoms with Gasteiger partial charge in [0.25, 0.3) is 0 Å². The smallest absolute Gasteiger partial charge is 0.360 e. The van der Waals surface area contributed by atoms with Gasteiger partial charge in [-0.15, -0.1) is 0 Å². The largest absolute Gasteiger partial charge is 0.476 e. The van der Waals surface area contributed by atoms with Gasteiger partial charge in [-0.3, -0.25) is 4.79 Å². The van der Waals surface area contributed by atoms with Gasteiger partial charge < -0.3 is 5.11 Å². The van der Waals surface area contributed by atoms with Crippen LogP contribution in [-0.4, -0.2) is 20.9 Å². The molecule has 0 radical (unpaired) electrons. The summed E-state index contributed by atoms with van der Waals surface area (Å²) < 4.78 is 1.29. The first-order chi connectivity index (χ1) is 9.81. The number of hydrogen-bond acceptors (Lipinski definition) is 3. The number of hydrogen-bond donors (Lipinski definition) is 1. The number of carbonyl (C=O) groups is 1. The molecule has 0 atom stereocenters. The molecule has 2 aromatic rings. The van der Waals surface area contributed by atoms with Gasteiger partial charge in [-0.25, -0.2) is 9.48 Å². The van der Waals surface area contributed by atoms with Crippen LogP contribution in [0.1, 0.15) is 35.8 Å². The third-order valence-electron chi connectivity index (χ3n) is 2.93. The zero-order valence-electron chi connectivity index (χ0n) is 11.3. The number of carboxylic acid groups (broad SMARTS) is 1. The Balaban J connectivity index is 2.75. The van der Waals surface area contributed by atoms with E-state index in [-0.39, 0.29) is 5.92 Å². The second kappa shape index (κ2) is 5.87. The third kappa shape index (κ3) is 3.09. The minimum Gasteiger partial charge on any atom is -0.476 e. The Hall–Kier alpha value is -1.85. The molecule has 1 N–H and O–H groups in total. The first-order valence-corrected chi connectivity index (χ1v) is 6.89. The number of carboxylic acids is 1. The average Bonchev–Trinajstić information content (AvgIpc) is 2.38. The molecule has 0 amide bonds. The number of nitrogens with zero attached hydrogens (tertiary/aromatic N) is 2. The van der Waals surface area contributed by atoms with Gasteiger partial charge in [0.2, 0.25) is 11.1 Å². The van der Waals surface area contributed by atoms with Gasteiger partial charge in [0, 0.05) is 16.8 Å². The predicted octanol–water partition coefficient (Wildman–Crippen LogP) is 3.36. The Morgan fingerprint density at radius 2 is 2.00 bits per heavy atom. The molecule has 0 aliphatic rings. The van der Waals surface area contributed by atoms with Crippen molar-refractivity contribution in [3.8, 4) is 5.69 Å². The first-order valence-electron chi connectivity index (χ1n) is 6.14. The zero-order valence-corrected chi connectivity index (χ0v) is 12.8. The lowest BCUT2D eigenvalue weighted by molar-refractivity contribution is 0.0686. The minimum atomic E-state index is -1.37. The molecule has 0 saturated heterocycles. The summed E-state index contributed by atoms with van der Waals surface area (Å²) in [6, 6.07) is 4.74. The van der Waals surface area contributed by atoms with Gasteiger partial charge in [-0.05, 0) is 24.1 Å². The summed E-state index contributed by atoms with van der Waals surface area (Å²) in [4.78, 5) is 23.3. The maximum atomic E-state index is 12.1. The van der Waals surface area contributed by atoms with Crippen LogP contribution in [-0.2, 0) is 0 Å². The molecule has 0 bridgehead atoms. The highest BCUT2D eigenvalue weighted by Gasteiger charge is 2.18. The van der Waals surface area contributed by atoms with E-state index in [1.165, 1.54) is 16.9 Å². The lowest BCUT2D eigenvalue weighted by Crippen LogP contribution is -2.25. The molecule has 1 heterocycles. The molecule has 0 aliphatic carbocycles. The van der Waals surface area contributed by atoms with E-state index in [1.807, 2.05) is 0 Å². The zero-order chi connectivity index (χ0) is 15.7. The Morgan fingerprint density at radius 3 is 2.52 bits per heavy atom. The number of halogens is 2. The molecule has 0 fully saturated rings. The van der Waals surface area contributed by atoms with Gasteiger partial charge in [0.05, 0.1) is 10.7 Å². The van der Waals surface area contributed by atoms with Crippen molar-refractivity contribution in [2.24, 2.45) is 0 Å². The quantitative estimate of drug-likeness (QED) is 0.938. The first kappa shape index (κ1) is 15.5. The van der Waals surface area contributed by atoms with Crippen molar-refractivity contribution >= 4 is 29.2 Å². The van der Waals surface area contributed by atoms with Crippen LogP contribution in [0.15, 0.2) is 29.2 Å². The normalized spacial score (nSPS) is 10.9. The number of aromatic nitrogens is 2. The van der Waals surface area contributed by atoms with E-state index in [9.17, 15) is 9.59 Å². The van der Waals surface area contributed by atoms with E-state index >= 15 is 0 Å². The van der Waals surface area contributed by atoms with Crippen molar-refractivity contribution in [1.29, 1.82) is 0 Å². The van der Waals surface area contributed by atoms with Crippen LogP contribution in [0.3, 0.4) is 0 Å². The Labute approximate surface area is 130 Å².